The molecule has 31 heavy (non-hydrogen) atoms. The van der Waals surface area contributed by atoms with Gasteiger partial charge in [-0.2, -0.15) is 5.10 Å². The number of hydrogen-bond acceptors (Lipinski definition) is 4. The molecule has 1 aromatic heterocycles. The lowest BCUT2D eigenvalue weighted by atomic mass is 9.75. The molecular formula is C25H33N3O3. The summed E-state index contributed by atoms with van der Waals surface area (Å²) in [6.45, 7) is 12.5. The van der Waals surface area contributed by atoms with E-state index in [2.05, 4.69) is 20.8 Å². The van der Waals surface area contributed by atoms with Gasteiger partial charge in [-0.05, 0) is 45.4 Å². The molecule has 0 bridgehead atoms. The fourth-order valence-corrected chi connectivity index (χ4v) is 4.64. The summed E-state index contributed by atoms with van der Waals surface area (Å²) in [5, 5.41) is 4.86. The van der Waals surface area contributed by atoms with Gasteiger partial charge < -0.3 is 4.74 Å². The van der Waals surface area contributed by atoms with Gasteiger partial charge in [-0.1, -0.05) is 51.1 Å². The zero-order valence-electron chi connectivity index (χ0n) is 19.4. The first-order valence-electron chi connectivity index (χ1n) is 11.3. The fraction of sp³-hybridized carbons (Fsp3) is 0.560. The Kier molecular flexibility index (Phi) is 5.44. The second kappa shape index (κ2) is 7.81. The average molecular weight is 424 g/mol. The number of ether oxygens (including phenoxy) is 1. The first-order chi connectivity index (χ1) is 14.6. The van der Waals surface area contributed by atoms with Crippen LogP contribution < -0.4 is 0 Å². The van der Waals surface area contributed by atoms with Crippen molar-refractivity contribution in [3.05, 3.63) is 41.6 Å². The van der Waals surface area contributed by atoms with E-state index in [0.717, 1.165) is 29.8 Å². The Balaban J connectivity index is 1.73. The first-order valence-corrected chi connectivity index (χ1v) is 11.3. The molecule has 1 fully saturated rings. The van der Waals surface area contributed by atoms with Crippen LogP contribution in [-0.2, 0) is 4.74 Å². The third-order valence-corrected chi connectivity index (χ3v) is 6.30. The SMILES string of the molecule is CC(C)[C@H]1CC[C@H](C)c2c(-c3ccccc3)nn(C(=O)[C@H]3CN3C(=O)OC(C)(C)C)c21. The van der Waals surface area contributed by atoms with Crippen molar-refractivity contribution >= 4 is 12.0 Å². The number of hydrogen-bond donors (Lipinski definition) is 0. The molecular weight excluding hydrogens is 390 g/mol. The van der Waals surface area contributed by atoms with Gasteiger partial charge in [0.15, 0.2) is 0 Å². The van der Waals surface area contributed by atoms with Gasteiger partial charge in [-0.3, -0.25) is 9.69 Å². The van der Waals surface area contributed by atoms with Crippen LogP contribution in [0.3, 0.4) is 0 Å². The van der Waals surface area contributed by atoms with E-state index in [0.29, 0.717) is 18.4 Å². The zero-order chi connectivity index (χ0) is 22.5. The summed E-state index contributed by atoms with van der Waals surface area (Å²) in [5.74, 6) is 0.875. The lowest BCUT2D eigenvalue weighted by Crippen LogP contribution is -2.32. The molecule has 3 atom stereocenters. The van der Waals surface area contributed by atoms with E-state index in [9.17, 15) is 9.59 Å². The molecule has 0 N–H and O–H groups in total. The molecule has 0 saturated carbocycles. The van der Waals surface area contributed by atoms with Gasteiger partial charge in [0.2, 0.25) is 0 Å². The van der Waals surface area contributed by atoms with Crippen LogP contribution in [-0.4, -0.2) is 44.9 Å². The summed E-state index contributed by atoms with van der Waals surface area (Å²) < 4.78 is 7.06. The van der Waals surface area contributed by atoms with Gasteiger partial charge in [-0.25, -0.2) is 9.48 Å². The van der Waals surface area contributed by atoms with E-state index in [-0.39, 0.29) is 11.8 Å². The predicted molar refractivity (Wildman–Crippen MR) is 120 cm³/mol. The van der Waals surface area contributed by atoms with E-state index in [1.807, 2.05) is 51.1 Å². The van der Waals surface area contributed by atoms with Gasteiger partial charge in [0.1, 0.15) is 11.6 Å². The van der Waals surface area contributed by atoms with Crippen LogP contribution in [0.25, 0.3) is 11.3 Å². The maximum absolute atomic E-state index is 13.5. The molecule has 2 heterocycles. The second-order valence-electron chi connectivity index (χ2n) is 10.2. The molecule has 1 amide bonds. The van der Waals surface area contributed by atoms with Gasteiger partial charge >= 0.3 is 6.09 Å². The highest BCUT2D eigenvalue weighted by Gasteiger charge is 2.49. The number of carbonyl (C=O) groups excluding carboxylic acids is 2. The highest BCUT2D eigenvalue weighted by Crippen LogP contribution is 2.46. The minimum atomic E-state index is -0.587. The van der Waals surface area contributed by atoms with Gasteiger partial charge in [0.05, 0.1) is 17.9 Å². The molecule has 1 aliphatic carbocycles. The Bertz CT molecular complexity index is 987. The van der Waals surface area contributed by atoms with Crippen LogP contribution in [0.15, 0.2) is 30.3 Å². The van der Waals surface area contributed by atoms with Gasteiger partial charge in [0, 0.05) is 17.0 Å². The van der Waals surface area contributed by atoms with Crippen molar-refractivity contribution in [2.75, 3.05) is 6.54 Å². The lowest BCUT2D eigenvalue weighted by molar-refractivity contribution is 0.0395. The Morgan fingerprint density at radius 1 is 1.13 bits per heavy atom. The van der Waals surface area contributed by atoms with Crippen LogP contribution in [0.2, 0.25) is 0 Å². The van der Waals surface area contributed by atoms with Crippen LogP contribution in [0.4, 0.5) is 4.79 Å². The molecule has 2 aliphatic rings. The van der Waals surface area contributed by atoms with Crippen LogP contribution in [0.5, 0.6) is 0 Å². The molecule has 0 unspecified atom stereocenters. The fourth-order valence-electron chi connectivity index (χ4n) is 4.64. The predicted octanol–water partition coefficient (Wildman–Crippen LogP) is 5.45. The van der Waals surface area contributed by atoms with Crippen LogP contribution in [0.1, 0.15) is 82.3 Å². The average Bonchev–Trinajstić information content (AvgIpc) is 3.40. The standard InChI is InChI=1S/C25H33N3O3/c1-15(2)18-13-12-16(3)20-21(17-10-8-7-9-11-17)26-28(22(18)20)23(29)19-14-27(19)24(30)31-25(4,5)6/h7-11,15-16,18-19H,12-14H2,1-6H3/t16-,18+,19+,27?/m0/s1. The van der Waals surface area contributed by atoms with Crippen molar-refractivity contribution in [2.45, 2.75) is 77.9 Å². The number of benzene rings is 1. The molecule has 6 nitrogen and oxygen atoms in total. The molecule has 4 rings (SSSR count). The zero-order valence-corrected chi connectivity index (χ0v) is 19.4. The summed E-state index contributed by atoms with van der Waals surface area (Å²) in [7, 11) is 0. The van der Waals surface area contributed by atoms with E-state index in [4.69, 9.17) is 9.84 Å². The Morgan fingerprint density at radius 2 is 1.81 bits per heavy atom. The number of amides is 1. The van der Waals surface area contributed by atoms with Gasteiger partial charge in [-0.15, -0.1) is 0 Å². The maximum Gasteiger partial charge on any atom is 0.411 e. The monoisotopic (exact) mass is 423 g/mol. The number of nitrogens with zero attached hydrogens (tertiary/aromatic N) is 3. The highest BCUT2D eigenvalue weighted by molar-refractivity contribution is 5.93. The minimum Gasteiger partial charge on any atom is -0.444 e. The topological polar surface area (TPSA) is 64.2 Å². The molecule has 0 spiro atoms. The Labute approximate surface area is 184 Å². The summed E-state index contributed by atoms with van der Waals surface area (Å²) >= 11 is 0. The van der Waals surface area contributed by atoms with E-state index in [1.54, 1.807) is 4.68 Å². The Hall–Kier alpha value is -2.63. The summed E-state index contributed by atoms with van der Waals surface area (Å²) in [4.78, 5) is 27.4. The number of rotatable bonds is 3. The molecule has 2 aromatic rings. The van der Waals surface area contributed by atoms with Gasteiger partial charge in [0.25, 0.3) is 5.91 Å². The van der Waals surface area contributed by atoms with Crippen LogP contribution in [0, 0.1) is 5.92 Å². The molecule has 166 valence electrons. The second-order valence-corrected chi connectivity index (χ2v) is 10.2. The first kappa shape index (κ1) is 21.6. The molecule has 0 radical (unpaired) electrons. The third kappa shape index (κ3) is 4.12. The van der Waals surface area contributed by atoms with Crippen molar-refractivity contribution < 1.29 is 14.3 Å². The van der Waals surface area contributed by atoms with Crippen molar-refractivity contribution in [2.24, 2.45) is 5.92 Å². The summed E-state index contributed by atoms with van der Waals surface area (Å²) in [6, 6.07) is 9.58. The smallest absolute Gasteiger partial charge is 0.411 e. The summed E-state index contributed by atoms with van der Waals surface area (Å²) in [5.41, 5.74) is 3.56. The van der Waals surface area contributed by atoms with Crippen molar-refractivity contribution in [1.82, 2.24) is 14.7 Å². The maximum atomic E-state index is 13.5. The Morgan fingerprint density at radius 3 is 2.42 bits per heavy atom. The van der Waals surface area contributed by atoms with E-state index >= 15 is 0 Å². The molecule has 1 aromatic carbocycles. The van der Waals surface area contributed by atoms with Crippen molar-refractivity contribution in [3.63, 3.8) is 0 Å². The largest absolute Gasteiger partial charge is 0.444 e. The molecule has 1 saturated heterocycles. The number of carbonyl (C=O) groups is 2. The minimum absolute atomic E-state index is 0.135. The summed E-state index contributed by atoms with van der Waals surface area (Å²) in [6.07, 6.45) is 1.69. The van der Waals surface area contributed by atoms with E-state index < -0.39 is 17.7 Å². The lowest BCUT2D eigenvalue weighted by Gasteiger charge is -2.30. The molecule has 1 aliphatic heterocycles. The third-order valence-electron chi connectivity index (χ3n) is 6.30. The number of aromatic nitrogens is 2. The van der Waals surface area contributed by atoms with E-state index in [1.165, 1.54) is 10.5 Å². The normalized spacial score (nSPS) is 22.9. The van der Waals surface area contributed by atoms with Crippen molar-refractivity contribution in [3.8, 4) is 11.3 Å². The van der Waals surface area contributed by atoms with Crippen molar-refractivity contribution in [1.29, 1.82) is 0 Å². The van der Waals surface area contributed by atoms with Crippen LogP contribution >= 0.6 is 0 Å². The quantitative estimate of drug-likeness (QED) is 0.616. The highest BCUT2D eigenvalue weighted by atomic mass is 16.6. The molecule has 6 heteroatoms. The number of fused-ring (bicyclic) bond motifs is 1.